The Bertz CT molecular complexity index is 703. The van der Waals surface area contributed by atoms with Crippen molar-refractivity contribution in [1.82, 2.24) is 0 Å². The molecule has 1 N–H and O–H groups in total. The summed E-state index contributed by atoms with van der Waals surface area (Å²) in [6.45, 7) is 0.661. The smallest absolute Gasteiger partial charge is 0.186 e. The largest absolute Gasteiger partial charge is 0.387 e. The van der Waals surface area contributed by atoms with E-state index in [1.807, 2.05) is 60.7 Å². The SMILES string of the molecule is CO[C@H]1OC2COC(c3ccccc3)O[C@H]2[C@H](O)C1OCc1ccccc1. The van der Waals surface area contributed by atoms with Gasteiger partial charge in [0.2, 0.25) is 0 Å². The molecule has 0 spiro atoms. The molecule has 144 valence electrons. The lowest BCUT2D eigenvalue weighted by molar-refractivity contribution is -0.363. The fourth-order valence-corrected chi connectivity index (χ4v) is 3.48. The Morgan fingerprint density at radius 1 is 1.00 bits per heavy atom. The molecule has 3 unspecified atom stereocenters. The fraction of sp³-hybridized carbons (Fsp3) is 0.429. The van der Waals surface area contributed by atoms with Crippen LogP contribution in [0.3, 0.4) is 0 Å². The van der Waals surface area contributed by atoms with Crippen molar-refractivity contribution in [2.24, 2.45) is 0 Å². The molecule has 0 bridgehead atoms. The predicted octanol–water partition coefficient (Wildman–Crippen LogP) is 2.42. The third kappa shape index (κ3) is 4.06. The molecule has 2 heterocycles. The minimum atomic E-state index is -0.896. The number of hydrogen-bond acceptors (Lipinski definition) is 6. The highest BCUT2D eigenvalue weighted by molar-refractivity contribution is 5.17. The van der Waals surface area contributed by atoms with E-state index in [9.17, 15) is 5.11 Å². The highest BCUT2D eigenvalue weighted by atomic mass is 16.8. The van der Waals surface area contributed by atoms with Crippen LogP contribution >= 0.6 is 0 Å². The van der Waals surface area contributed by atoms with Crippen LogP contribution in [0.25, 0.3) is 0 Å². The third-order valence-electron chi connectivity index (χ3n) is 4.90. The summed E-state index contributed by atoms with van der Waals surface area (Å²) in [4.78, 5) is 0. The zero-order chi connectivity index (χ0) is 18.6. The Labute approximate surface area is 158 Å². The van der Waals surface area contributed by atoms with Gasteiger partial charge in [-0.05, 0) is 5.56 Å². The molecule has 0 aromatic heterocycles. The fourth-order valence-electron chi connectivity index (χ4n) is 3.48. The molecule has 2 saturated heterocycles. The topological polar surface area (TPSA) is 66.4 Å². The number of methoxy groups -OCH3 is 1. The average molecular weight is 372 g/mol. The minimum absolute atomic E-state index is 0.312. The van der Waals surface area contributed by atoms with Crippen molar-refractivity contribution in [2.45, 2.75) is 43.6 Å². The van der Waals surface area contributed by atoms with Crippen LogP contribution in [0.2, 0.25) is 0 Å². The van der Waals surface area contributed by atoms with Crippen molar-refractivity contribution in [3.05, 3.63) is 71.8 Å². The quantitative estimate of drug-likeness (QED) is 0.870. The Balaban J connectivity index is 1.46. The van der Waals surface area contributed by atoms with E-state index in [1.165, 1.54) is 7.11 Å². The molecule has 0 saturated carbocycles. The summed E-state index contributed by atoms with van der Waals surface area (Å²) in [5.41, 5.74) is 1.91. The predicted molar refractivity (Wildman–Crippen MR) is 96.7 cm³/mol. The second-order valence-electron chi connectivity index (χ2n) is 6.71. The number of aliphatic hydroxyl groups excluding tert-OH is 1. The van der Waals surface area contributed by atoms with Gasteiger partial charge in [-0.2, -0.15) is 0 Å². The molecule has 0 aliphatic carbocycles. The molecule has 2 aliphatic rings. The summed E-state index contributed by atoms with van der Waals surface area (Å²) < 4.78 is 29.1. The highest BCUT2D eigenvalue weighted by Crippen LogP contribution is 2.35. The number of rotatable bonds is 5. The van der Waals surface area contributed by atoms with Gasteiger partial charge in [0.05, 0.1) is 13.2 Å². The van der Waals surface area contributed by atoms with Crippen LogP contribution in [-0.2, 0) is 30.3 Å². The van der Waals surface area contributed by atoms with E-state index >= 15 is 0 Å². The Hall–Kier alpha value is -1.80. The third-order valence-corrected chi connectivity index (χ3v) is 4.90. The van der Waals surface area contributed by atoms with Gasteiger partial charge in [-0.15, -0.1) is 0 Å². The molecule has 6 nitrogen and oxygen atoms in total. The van der Waals surface area contributed by atoms with Gasteiger partial charge in [-0.25, -0.2) is 0 Å². The monoisotopic (exact) mass is 372 g/mol. The van der Waals surface area contributed by atoms with Crippen LogP contribution in [0, 0.1) is 0 Å². The van der Waals surface area contributed by atoms with Crippen LogP contribution in [0.4, 0.5) is 0 Å². The van der Waals surface area contributed by atoms with Gasteiger partial charge < -0.3 is 28.8 Å². The molecule has 2 aliphatic heterocycles. The van der Waals surface area contributed by atoms with Gasteiger partial charge in [0.15, 0.2) is 12.6 Å². The summed E-state index contributed by atoms with van der Waals surface area (Å²) in [7, 11) is 1.54. The molecule has 6 heteroatoms. The van der Waals surface area contributed by atoms with Gasteiger partial charge >= 0.3 is 0 Å². The molecule has 0 amide bonds. The standard InChI is InChI=1S/C21H24O6/c1-23-21-19(24-12-14-8-4-2-5-9-14)17(22)18-16(26-21)13-25-20(27-18)15-10-6-3-7-11-15/h2-11,16-22H,12-13H2,1H3/t16?,17-,18+,19?,20?,21-/m0/s1. The second kappa shape index (κ2) is 8.48. The van der Waals surface area contributed by atoms with E-state index in [0.29, 0.717) is 13.2 Å². The number of ether oxygens (including phenoxy) is 5. The minimum Gasteiger partial charge on any atom is -0.387 e. The van der Waals surface area contributed by atoms with Crippen molar-refractivity contribution in [3.8, 4) is 0 Å². The van der Waals surface area contributed by atoms with E-state index in [0.717, 1.165) is 11.1 Å². The van der Waals surface area contributed by atoms with Gasteiger partial charge in [0, 0.05) is 12.7 Å². The molecule has 0 radical (unpaired) electrons. The molecule has 2 aromatic rings. The Kier molecular flexibility index (Phi) is 5.83. The molecule has 2 fully saturated rings. The summed E-state index contributed by atoms with van der Waals surface area (Å²) in [5, 5.41) is 10.9. The van der Waals surface area contributed by atoms with E-state index in [-0.39, 0.29) is 0 Å². The van der Waals surface area contributed by atoms with Crippen molar-refractivity contribution < 1.29 is 28.8 Å². The number of aliphatic hydroxyl groups is 1. The van der Waals surface area contributed by atoms with Crippen LogP contribution in [0.5, 0.6) is 0 Å². The zero-order valence-electron chi connectivity index (χ0n) is 15.1. The van der Waals surface area contributed by atoms with Crippen molar-refractivity contribution in [3.63, 3.8) is 0 Å². The van der Waals surface area contributed by atoms with Crippen LogP contribution < -0.4 is 0 Å². The first kappa shape index (κ1) is 18.6. The molecular weight excluding hydrogens is 348 g/mol. The molecular formula is C21H24O6. The summed E-state index contributed by atoms with van der Waals surface area (Å²) in [5.74, 6) is 0. The maximum atomic E-state index is 10.9. The normalized spacial score (nSPS) is 33.4. The molecule has 27 heavy (non-hydrogen) atoms. The highest BCUT2D eigenvalue weighted by Gasteiger charge is 2.50. The number of benzene rings is 2. The van der Waals surface area contributed by atoms with E-state index in [4.69, 9.17) is 23.7 Å². The lowest BCUT2D eigenvalue weighted by atomic mass is 9.97. The maximum Gasteiger partial charge on any atom is 0.186 e. The van der Waals surface area contributed by atoms with Crippen molar-refractivity contribution in [1.29, 1.82) is 0 Å². The van der Waals surface area contributed by atoms with Gasteiger partial charge in [-0.1, -0.05) is 60.7 Å². The molecule has 6 atom stereocenters. The van der Waals surface area contributed by atoms with E-state index in [2.05, 4.69) is 0 Å². The summed E-state index contributed by atoms with van der Waals surface area (Å²) in [6.07, 6.45) is -3.76. The van der Waals surface area contributed by atoms with E-state index < -0.39 is 37.0 Å². The van der Waals surface area contributed by atoms with E-state index in [1.54, 1.807) is 0 Å². The Morgan fingerprint density at radius 2 is 1.70 bits per heavy atom. The first-order chi connectivity index (χ1) is 13.3. The molecule has 2 aromatic carbocycles. The number of hydrogen-bond donors (Lipinski definition) is 1. The second-order valence-corrected chi connectivity index (χ2v) is 6.71. The van der Waals surface area contributed by atoms with Crippen molar-refractivity contribution in [2.75, 3.05) is 13.7 Å². The van der Waals surface area contributed by atoms with Gasteiger partial charge in [-0.3, -0.25) is 0 Å². The first-order valence-electron chi connectivity index (χ1n) is 9.10. The summed E-state index contributed by atoms with van der Waals surface area (Å²) >= 11 is 0. The Morgan fingerprint density at radius 3 is 2.41 bits per heavy atom. The molecule has 4 rings (SSSR count). The number of fused-ring (bicyclic) bond motifs is 1. The lowest BCUT2D eigenvalue weighted by Gasteiger charge is -2.47. The van der Waals surface area contributed by atoms with Crippen LogP contribution in [0.15, 0.2) is 60.7 Å². The van der Waals surface area contributed by atoms with Crippen LogP contribution in [-0.4, -0.2) is 49.5 Å². The van der Waals surface area contributed by atoms with Gasteiger partial charge in [0.1, 0.15) is 24.4 Å². The maximum absolute atomic E-state index is 10.9. The first-order valence-corrected chi connectivity index (χ1v) is 9.10. The lowest BCUT2D eigenvalue weighted by Crippen LogP contribution is -2.62. The average Bonchev–Trinajstić information content (AvgIpc) is 2.74. The zero-order valence-corrected chi connectivity index (χ0v) is 15.1. The van der Waals surface area contributed by atoms with Crippen LogP contribution in [0.1, 0.15) is 17.4 Å². The van der Waals surface area contributed by atoms with Crippen molar-refractivity contribution >= 4 is 0 Å². The summed E-state index contributed by atoms with van der Waals surface area (Å²) in [6, 6.07) is 19.4. The van der Waals surface area contributed by atoms with Gasteiger partial charge in [0.25, 0.3) is 0 Å².